The summed E-state index contributed by atoms with van der Waals surface area (Å²) in [5, 5.41) is -0.0435. The summed E-state index contributed by atoms with van der Waals surface area (Å²) in [6, 6.07) is 9.94. The molecule has 44 heavy (non-hydrogen) atoms. The smallest absolute Gasteiger partial charge is 0.334 e. The van der Waals surface area contributed by atoms with E-state index in [4.69, 9.17) is 28.1 Å². The highest BCUT2D eigenvalue weighted by atomic mass is 28.4. The van der Waals surface area contributed by atoms with Crippen LogP contribution in [0.3, 0.4) is 0 Å². The molecule has 6 fully saturated rings. The molecule has 8 nitrogen and oxygen atoms in total. The number of methoxy groups -OCH3 is 2. The van der Waals surface area contributed by atoms with E-state index in [-0.39, 0.29) is 35.6 Å². The fourth-order valence-electron chi connectivity index (χ4n) is 11.7. The Morgan fingerprint density at radius 1 is 1.07 bits per heavy atom. The van der Waals surface area contributed by atoms with Gasteiger partial charge >= 0.3 is 5.97 Å². The monoisotopic (exact) mass is 624 g/mol. The number of esters is 1. The summed E-state index contributed by atoms with van der Waals surface area (Å²) in [4.78, 5) is 29.2. The van der Waals surface area contributed by atoms with E-state index in [0.29, 0.717) is 18.6 Å². The molecule has 0 radical (unpaired) electrons. The minimum absolute atomic E-state index is 0.0435. The molecule has 6 bridgehead atoms. The van der Waals surface area contributed by atoms with Gasteiger partial charge in [0.15, 0.2) is 14.6 Å². The predicted octanol–water partition coefficient (Wildman–Crippen LogP) is 5.83. The molecule has 1 aromatic rings. The van der Waals surface area contributed by atoms with Crippen LogP contribution in [0.15, 0.2) is 42.0 Å². The van der Waals surface area contributed by atoms with E-state index in [1.165, 1.54) is 7.11 Å². The van der Waals surface area contributed by atoms with Gasteiger partial charge < -0.3 is 28.1 Å². The van der Waals surface area contributed by atoms with Crippen molar-refractivity contribution in [3.8, 4) is 0 Å². The van der Waals surface area contributed by atoms with Gasteiger partial charge in [0, 0.05) is 47.0 Å². The van der Waals surface area contributed by atoms with Crippen molar-refractivity contribution in [2.75, 3.05) is 27.6 Å². The third-order valence-electron chi connectivity index (χ3n) is 14.0. The Kier molecular flexibility index (Phi) is 6.38. The summed E-state index contributed by atoms with van der Waals surface area (Å²) in [6.45, 7) is 18.2. The van der Waals surface area contributed by atoms with Crippen molar-refractivity contribution in [3.63, 3.8) is 0 Å². The van der Waals surface area contributed by atoms with Gasteiger partial charge in [-0.3, -0.25) is 4.79 Å². The maximum absolute atomic E-state index is 15.2. The van der Waals surface area contributed by atoms with Crippen molar-refractivity contribution in [2.45, 2.75) is 90.7 Å². The number of benzene rings is 1. The van der Waals surface area contributed by atoms with Crippen molar-refractivity contribution in [2.24, 2.45) is 38.9 Å². The lowest BCUT2D eigenvalue weighted by atomic mass is 9.20. The number of rotatable bonds is 8. The van der Waals surface area contributed by atoms with E-state index in [1.807, 2.05) is 36.4 Å². The first-order valence-corrected chi connectivity index (χ1v) is 18.9. The molecular weight excluding hydrogens is 576 g/mol. The van der Waals surface area contributed by atoms with E-state index in [9.17, 15) is 4.79 Å². The van der Waals surface area contributed by atoms with Crippen molar-refractivity contribution in [1.82, 2.24) is 0 Å². The summed E-state index contributed by atoms with van der Waals surface area (Å²) < 4.78 is 39.0. The first kappa shape index (κ1) is 30.8. The van der Waals surface area contributed by atoms with Gasteiger partial charge in [0.05, 0.1) is 36.8 Å². The zero-order valence-corrected chi connectivity index (χ0v) is 28.8. The zero-order valence-electron chi connectivity index (χ0n) is 27.8. The second kappa shape index (κ2) is 9.13. The van der Waals surface area contributed by atoms with Crippen LogP contribution in [0, 0.1) is 38.9 Å². The van der Waals surface area contributed by atoms with E-state index >= 15 is 4.79 Å². The van der Waals surface area contributed by atoms with Crippen molar-refractivity contribution in [3.05, 3.63) is 47.5 Å². The minimum atomic E-state index is -2.29. The molecule has 240 valence electrons. The molecule has 1 aliphatic heterocycles. The van der Waals surface area contributed by atoms with Crippen LogP contribution in [0.5, 0.6) is 0 Å². The average Bonchev–Trinajstić information content (AvgIpc) is 3.11. The maximum Gasteiger partial charge on any atom is 0.334 e. The van der Waals surface area contributed by atoms with Gasteiger partial charge in [-0.2, -0.15) is 0 Å². The van der Waals surface area contributed by atoms with E-state index in [1.54, 1.807) is 7.11 Å². The highest BCUT2D eigenvalue weighted by molar-refractivity contribution is 6.74. The molecule has 5 saturated carbocycles. The summed E-state index contributed by atoms with van der Waals surface area (Å²) >= 11 is 0. The SMILES string of the molecule is COCO[C@@H]1[C@H]2[C@@H]3C(=O)[C@]4(C)[C@@]56[C@H](CC=C(C(=O)OC)[C@]15[C@]4(CO[Si](C)(C)C(C)(C)C)C2(C)C)OC(c1ccccc1)O[C@H]36. The zero-order chi connectivity index (χ0) is 31.9. The Labute approximate surface area is 262 Å². The van der Waals surface area contributed by atoms with Gasteiger partial charge in [-0.05, 0) is 30.0 Å². The lowest BCUT2D eigenvalue weighted by molar-refractivity contribution is -0.443. The first-order chi connectivity index (χ1) is 20.6. The predicted molar refractivity (Wildman–Crippen MR) is 165 cm³/mol. The van der Waals surface area contributed by atoms with Gasteiger partial charge in [-0.25, -0.2) is 4.79 Å². The van der Waals surface area contributed by atoms with Gasteiger partial charge in [-0.15, -0.1) is 0 Å². The molecule has 0 N–H and O–H groups in total. The van der Waals surface area contributed by atoms with Gasteiger partial charge in [0.25, 0.3) is 0 Å². The van der Waals surface area contributed by atoms with Crippen LogP contribution in [0.1, 0.15) is 59.8 Å². The summed E-state index contributed by atoms with van der Waals surface area (Å²) in [5.41, 5.74) is -2.43. The lowest BCUT2D eigenvalue weighted by Crippen LogP contribution is -2.89. The molecule has 1 saturated heterocycles. The molecule has 1 unspecified atom stereocenters. The van der Waals surface area contributed by atoms with Crippen molar-refractivity contribution < 1.29 is 37.7 Å². The molecular formula is C35H48O8Si. The lowest BCUT2D eigenvalue weighted by Gasteiger charge is -2.83. The van der Waals surface area contributed by atoms with Crippen LogP contribution >= 0.6 is 0 Å². The maximum atomic E-state index is 15.2. The number of ketones is 1. The van der Waals surface area contributed by atoms with Gasteiger partial charge in [0.2, 0.25) is 0 Å². The summed E-state index contributed by atoms with van der Waals surface area (Å²) in [6.07, 6.45) is 0.562. The number of ether oxygens (including phenoxy) is 5. The molecule has 1 aromatic carbocycles. The number of hydrogen-bond acceptors (Lipinski definition) is 8. The van der Waals surface area contributed by atoms with E-state index < -0.39 is 59.8 Å². The van der Waals surface area contributed by atoms with Gasteiger partial charge in [0.1, 0.15) is 12.6 Å². The standard InChI is InChI=1S/C35H48O8Si/c1-30(2,3)44(9,10)41-18-33-31(4,5)24-23-25(36)32(33,6)35-22(42-29(43-26(23)35)20-14-12-11-13-15-20)17-16-21(28(37)39-8)34(33,35)27(24)40-19-38-7/h11-16,22-24,26-27,29H,17-19H2,1-10H3/t22-,23+,24+,26+,27+,29?,32-,33+,34+,35-/m0/s1. The Morgan fingerprint density at radius 2 is 1.75 bits per heavy atom. The van der Waals surface area contributed by atoms with Crippen molar-refractivity contribution in [1.29, 1.82) is 0 Å². The molecule has 2 spiro atoms. The highest BCUT2D eigenvalue weighted by Crippen LogP contribution is 3.01. The number of hydrogen-bond donors (Lipinski definition) is 0. The molecule has 8 rings (SSSR count). The van der Waals surface area contributed by atoms with Crippen LogP contribution in [0.25, 0.3) is 0 Å². The molecule has 0 aromatic heterocycles. The second-order valence-electron chi connectivity index (χ2n) is 16.2. The minimum Gasteiger partial charge on any atom is -0.466 e. The van der Waals surface area contributed by atoms with E-state index in [2.05, 4.69) is 54.6 Å². The third kappa shape index (κ3) is 2.88. The fourth-order valence-corrected chi connectivity index (χ4v) is 12.7. The number of carbonyl (C=O) groups excluding carboxylic acids is 2. The van der Waals surface area contributed by atoms with Crippen molar-refractivity contribution >= 4 is 20.1 Å². The van der Waals surface area contributed by atoms with Crippen LogP contribution in [-0.2, 0) is 37.7 Å². The molecule has 7 aliphatic rings. The molecule has 1 heterocycles. The van der Waals surface area contributed by atoms with Crippen LogP contribution in [0.4, 0.5) is 0 Å². The van der Waals surface area contributed by atoms with E-state index in [0.717, 1.165) is 5.56 Å². The Hall–Kier alpha value is -1.88. The normalized spacial score (nSPS) is 44.2. The topological polar surface area (TPSA) is 89.5 Å². The van der Waals surface area contributed by atoms with Crippen LogP contribution in [-0.4, -0.2) is 66.0 Å². The molecule has 10 atom stereocenters. The third-order valence-corrected chi connectivity index (χ3v) is 18.5. The largest absolute Gasteiger partial charge is 0.466 e. The van der Waals surface area contributed by atoms with Crippen LogP contribution in [0.2, 0.25) is 18.1 Å². The molecule has 6 aliphatic carbocycles. The number of Topliss-reactive ketones (excluding diaryl/α,β-unsaturated/α-hetero) is 1. The average molecular weight is 625 g/mol. The number of carbonyl (C=O) groups is 2. The first-order valence-electron chi connectivity index (χ1n) is 16.0. The molecule has 0 amide bonds. The second-order valence-corrected chi connectivity index (χ2v) is 21.0. The Morgan fingerprint density at radius 3 is 2.36 bits per heavy atom. The Bertz CT molecular complexity index is 1430. The van der Waals surface area contributed by atoms with Gasteiger partial charge in [-0.1, -0.05) is 78.0 Å². The Balaban J connectivity index is 1.51. The highest BCUT2D eigenvalue weighted by Gasteiger charge is 3.07. The summed E-state index contributed by atoms with van der Waals surface area (Å²) in [7, 11) is 0.747. The summed E-state index contributed by atoms with van der Waals surface area (Å²) in [5.74, 6) is -0.842. The van der Waals surface area contributed by atoms with Crippen LogP contribution < -0.4 is 0 Å². The molecule has 9 heteroatoms. The quantitative estimate of drug-likeness (QED) is 0.203. The fraction of sp³-hybridized carbons (Fsp3) is 0.714.